The highest BCUT2D eigenvalue weighted by Crippen LogP contribution is 2.61. The van der Waals surface area contributed by atoms with Crippen LogP contribution in [0, 0.1) is 29.1 Å². The minimum absolute atomic E-state index is 0.0504. The molecule has 0 atom stereocenters. The van der Waals surface area contributed by atoms with Gasteiger partial charge in [-0.2, -0.15) is 10.4 Å². The van der Waals surface area contributed by atoms with E-state index in [4.69, 9.17) is 16.7 Å². The van der Waals surface area contributed by atoms with Crippen LogP contribution in [0.15, 0.2) is 70.6 Å². The van der Waals surface area contributed by atoms with E-state index >= 15 is 0 Å². The van der Waals surface area contributed by atoms with Gasteiger partial charge in [0.25, 0.3) is 0 Å². The first-order chi connectivity index (χ1) is 16.9. The van der Waals surface area contributed by atoms with Crippen LogP contribution < -0.4 is 0 Å². The molecule has 1 heterocycles. The summed E-state index contributed by atoms with van der Waals surface area (Å²) in [6.07, 6.45) is 10.6. The highest BCUT2D eigenvalue weighted by Gasteiger charge is 2.53. The third-order valence-electron chi connectivity index (χ3n) is 8.11. The van der Waals surface area contributed by atoms with Gasteiger partial charge in [-0.15, -0.1) is 0 Å². The number of rotatable bonds is 5. The molecule has 5 nitrogen and oxygen atoms in total. The highest BCUT2D eigenvalue weighted by atomic mass is 35.5. The number of hydrogen-bond donors (Lipinski definition) is 0. The molecular formula is C28H26ClN3O2S. The zero-order valence-corrected chi connectivity index (χ0v) is 20.8. The van der Waals surface area contributed by atoms with Crippen molar-refractivity contribution >= 4 is 27.5 Å². The van der Waals surface area contributed by atoms with Crippen molar-refractivity contribution in [2.45, 2.75) is 48.8 Å². The molecule has 0 amide bonds. The molecule has 7 heteroatoms. The maximum absolute atomic E-state index is 13.4. The first-order valence-corrected chi connectivity index (χ1v) is 14.0. The molecule has 4 fully saturated rings. The lowest BCUT2D eigenvalue weighted by Crippen LogP contribution is -2.49. The van der Waals surface area contributed by atoms with Crippen LogP contribution in [0.5, 0.6) is 0 Å². The van der Waals surface area contributed by atoms with Crippen molar-refractivity contribution in [3.05, 3.63) is 82.0 Å². The topological polar surface area (TPSA) is 75.8 Å². The van der Waals surface area contributed by atoms with E-state index < -0.39 is 9.84 Å². The first kappa shape index (κ1) is 22.6. The monoisotopic (exact) mass is 503 g/mol. The minimum atomic E-state index is -3.99. The fourth-order valence-corrected chi connectivity index (χ4v) is 8.35. The van der Waals surface area contributed by atoms with Gasteiger partial charge in [-0.3, -0.25) is 0 Å². The van der Waals surface area contributed by atoms with Crippen LogP contribution in [0.1, 0.15) is 49.8 Å². The number of nitriles is 1. The van der Waals surface area contributed by atoms with E-state index in [1.54, 1.807) is 0 Å². The molecule has 0 radical (unpaired) electrons. The Labute approximate surface area is 211 Å². The molecule has 4 saturated carbocycles. The van der Waals surface area contributed by atoms with E-state index in [1.807, 2.05) is 47.3 Å². The molecule has 4 aliphatic rings. The zero-order chi connectivity index (χ0) is 24.2. The predicted molar refractivity (Wildman–Crippen MR) is 136 cm³/mol. The molecule has 3 aromatic rings. The second-order valence-corrected chi connectivity index (χ2v) is 12.8. The fourth-order valence-electron chi connectivity index (χ4n) is 7.07. The van der Waals surface area contributed by atoms with Crippen molar-refractivity contribution in [3.8, 4) is 11.8 Å². The molecule has 0 spiro atoms. The number of sulfone groups is 1. The van der Waals surface area contributed by atoms with Crippen LogP contribution in [-0.4, -0.2) is 18.2 Å². The van der Waals surface area contributed by atoms with Gasteiger partial charge in [-0.05, 0) is 98.8 Å². The summed E-state index contributed by atoms with van der Waals surface area (Å²) in [6.45, 7) is 0. The highest BCUT2D eigenvalue weighted by molar-refractivity contribution is 7.95. The fraction of sp³-hybridized carbons (Fsp3) is 0.357. The van der Waals surface area contributed by atoms with Crippen molar-refractivity contribution in [2.24, 2.45) is 17.8 Å². The van der Waals surface area contributed by atoms with Gasteiger partial charge in [0.2, 0.25) is 9.84 Å². The van der Waals surface area contributed by atoms with Crippen molar-refractivity contribution in [2.75, 3.05) is 0 Å². The van der Waals surface area contributed by atoms with Gasteiger partial charge >= 0.3 is 0 Å². The van der Waals surface area contributed by atoms with Crippen molar-refractivity contribution in [1.29, 1.82) is 5.26 Å². The predicted octanol–water partition coefficient (Wildman–Crippen LogP) is 6.33. The van der Waals surface area contributed by atoms with Crippen molar-refractivity contribution in [1.82, 2.24) is 9.78 Å². The third-order valence-corrected chi connectivity index (χ3v) is 10.0. The standard InChI is InChI=1S/C28H26ClN3O2S/c29-23-6-8-25(9-7-23)35(33,34)26(17-30)13-22-18-32(24-4-2-1-3-5-24)31-27(22)28-14-19-10-20(15-28)12-21(11-19)16-28/h1-9,13,18-21H,10-12,14-16H2/b26-13-. The quantitative estimate of drug-likeness (QED) is 0.381. The van der Waals surface area contributed by atoms with Gasteiger partial charge in [0, 0.05) is 22.2 Å². The van der Waals surface area contributed by atoms with E-state index in [0.717, 1.165) is 36.2 Å². The minimum Gasteiger partial charge on any atom is -0.240 e. The summed E-state index contributed by atoms with van der Waals surface area (Å²) < 4.78 is 28.5. The second kappa shape index (κ2) is 8.36. The average molecular weight is 504 g/mol. The maximum atomic E-state index is 13.4. The smallest absolute Gasteiger partial charge is 0.216 e. The first-order valence-electron chi connectivity index (χ1n) is 12.1. The summed E-state index contributed by atoms with van der Waals surface area (Å²) in [7, 11) is -3.99. The molecule has 178 valence electrons. The number of para-hydroxylation sites is 1. The Hall–Kier alpha value is -2.88. The molecule has 0 aliphatic heterocycles. The third kappa shape index (κ3) is 3.91. The molecule has 4 aliphatic carbocycles. The normalized spacial score (nSPS) is 27.7. The Kier molecular flexibility index (Phi) is 5.39. The van der Waals surface area contributed by atoms with Gasteiger partial charge in [0.1, 0.15) is 11.0 Å². The van der Waals surface area contributed by atoms with E-state index in [2.05, 4.69) is 0 Å². The molecule has 2 aromatic carbocycles. The summed E-state index contributed by atoms with van der Waals surface area (Å²) in [6, 6.07) is 17.7. The van der Waals surface area contributed by atoms with E-state index in [1.165, 1.54) is 49.6 Å². The molecule has 0 saturated heterocycles. The number of aromatic nitrogens is 2. The van der Waals surface area contributed by atoms with Crippen LogP contribution in [0.3, 0.4) is 0 Å². The van der Waals surface area contributed by atoms with Gasteiger partial charge in [0.05, 0.1) is 16.3 Å². The van der Waals surface area contributed by atoms with E-state index in [9.17, 15) is 13.7 Å². The van der Waals surface area contributed by atoms with E-state index in [-0.39, 0.29) is 15.2 Å². The Morgan fingerprint density at radius 2 is 1.60 bits per heavy atom. The lowest BCUT2D eigenvalue weighted by molar-refractivity contribution is -0.00743. The summed E-state index contributed by atoms with van der Waals surface area (Å²) in [5.74, 6) is 2.15. The van der Waals surface area contributed by atoms with Crippen LogP contribution in [0.4, 0.5) is 0 Å². The molecule has 7 rings (SSSR count). The Balaban J connectivity index is 1.49. The lowest BCUT2D eigenvalue weighted by atomic mass is 9.48. The van der Waals surface area contributed by atoms with Gasteiger partial charge < -0.3 is 0 Å². The summed E-state index contributed by atoms with van der Waals surface area (Å²) in [5, 5.41) is 15.5. The summed E-state index contributed by atoms with van der Waals surface area (Å²) in [4.78, 5) is -0.222. The van der Waals surface area contributed by atoms with Crippen molar-refractivity contribution < 1.29 is 8.42 Å². The van der Waals surface area contributed by atoms with Gasteiger partial charge in [0.15, 0.2) is 0 Å². The van der Waals surface area contributed by atoms with Crippen LogP contribution in [0.25, 0.3) is 11.8 Å². The van der Waals surface area contributed by atoms with Crippen LogP contribution in [-0.2, 0) is 15.3 Å². The molecule has 1 aromatic heterocycles. The van der Waals surface area contributed by atoms with Gasteiger partial charge in [-0.1, -0.05) is 29.8 Å². The molecular weight excluding hydrogens is 478 g/mol. The summed E-state index contributed by atoms with van der Waals surface area (Å²) >= 11 is 5.95. The maximum Gasteiger partial charge on any atom is 0.216 e. The average Bonchev–Trinajstić information content (AvgIpc) is 3.27. The molecule has 0 unspecified atom stereocenters. The van der Waals surface area contributed by atoms with Crippen molar-refractivity contribution in [3.63, 3.8) is 0 Å². The van der Waals surface area contributed by atoms with E-state index in [0.29, 0.717) is 22.8 Å². The Morgan fingerprint density at radius 3 is 2.17 bits per heavy atom. The molecule has 0 N–H and O–H groups in total. The Bertz CT molecular complexity index is 1410. The van der Waals surface area contributed by atoms with Crippen LogP contribution >= 0.6 is 11.6 Å². The number of benzene rings is 2. The summed E-state index contributed by atoms with van der Waals surface area (Å²) in [5.41, 5.74) is 2.53. The zero-order valence-electron chi connectivity index (χ0n) is 19.3. The SMILES string of the molecule is N#C/C(=C/c1cn(-c2ccccc2)nc1C12CC3CC(CC(C3)C1)C2)S(=O)(=O)c1ccc(Cl)cc1. The Morgan fingerprint density at radius 1 is 1.00 bits per heavy atom. The number of hydrogen-bond acceptors (Lipinski definition) is 4. The molecule has 35 heavy (non-hydrogen) atoms. The van der Waals surface area contributed by atoms with Crippen LogP contribution in [0.2, 0.25) is 5.02 Å². The number of halogens is 1. The van der Waals surface area contributed by atoms with Gasteiger partial charge in [-0.25, -0.2) is 13.1 Å². The largest absolute Gasteiger partial charge is 0.240 e. The second-order valence-electron chi connectivity index (χ2n) is 10.5. The number of allylic oxidation sites excluding steroid dienone is 1. The number of nitrogens with zero attached hydrogens (tertiary/aromatic N) is 3. The lowest BCUT2D eigenvalue weighted by Gasteiger charge is -2.56. The molecule has 4 bridgehead atoms.